The highest BCUT2D eigenvalue weighted by atomic mass is 35.5. The number of carbonyl (C=O) groups excluding carboxylic acids is 3. The average molecular weight is 608 g/mol. The lowest BCUT2D eigenvalue weighted by molar-refractivity contribution is -0.157. The van der Waals surface area contributed by atoms with Crippen molar-refractivity contribution < 1.29 is 41.8 Å². The number of ketones is 1. The molecule has 0 fully saturated rings. The molecule has 2 amide bonds. The maximum atomic E-state index is 13.5. The van der Waals surface area contributed by atoms with Crippen LogP contribution >= 0.6 is 11.6 Å². The number of esters is 1. The summed E-state index contributed by atoms with van der Waals surface area (Å²) >= 11 is 5.80. The predicted molar refractivity (Wildman–Crippen MR) is 149 cm³/mol. The fourth-order valence-electron chi connectivity index (χ4n) is 3.47. The third-order valence-electron chi connectivity index (χ3n) is 5.34. The Kier molecular flexibility index (Phi) is 10.4. The molecule has 2 aromatic carbocycles. The molecule has 0 radical (unpaired) electrons. The summed E-state index contributed by atoms with van der Waals surface area (Å²) in [6.07, 6.45) is -3.02. The van der Waals surface area contributed by atoms with E-state index in [1.54, 1.807) is 58.0 Å². The van der Waals surface area contributed by atoms with Gasteiger partial charge in [0, 0.05) is 31.3 Å². The van der Waals surface area contributed by atoms with Crippen LogP contribution in [0.4, 0.5) is 23.7 Å². The number of anilines is 1. The number of nitrogens with zero attached hydrogens (tertiary/aromatic N) is 1. The Morgan fingerprint density at radius 2 is 1.67 bits per heavy atom. The predicted octanol–water partition coefficient (Wildman–Crippen LogP) is 7.18. The topological polar surface area (TPSA) is 116 Å². The Balaban J connectivity index is 1.66. The molecular formula is C29H29ClF3N3O6. The Morgan fingerprint density at radius 3 is 2.29 bits per heavy atom. The monoisotopic (exact) mass is 607 g/mol. The zero-order chi connectivity index (χ0) is 31.1. The quantitative estimate of drug-likeness (QED) is 0.185. The summed E-state index contributed by atoms with van der Waals surface area (Å²) in [5.74, 6) is -0.236. The Morgan fingerprint density at radius 1 is 0.976 bits per heavy atom. The van der Waals surface area contributed by atoms with Crippen LogP contribution in [0.25, 0.3) is 0 Å². The molecule has 0 saturated carbocycles. The third-order valence-corrected chi connectivity index (χ3v) is 5.65. The summed E-state index contributed by atoms with van der Waals surface area (Å²) in [4.78, 5) is 40.5. The van der Waals surface area contributed by atoms with E-state index in [1.807, 2.05) is 0 Å². The Hall–Kier alpha value is -4.32. The number of hydrogen-bond acceptors (Lipinski definition) is 7. The van der Waals surface area contributed by atoms with Gasteiger partial charge in [-0.25, -0.2) is 9.59 Å². The first-order valence-electron chi connectivity index (χ1n) is 12.7. The number of urea groups is 1. The number of carbonyl (C=O) groups is 3. The number of benzene rings is 2. The van der Waals surface area contributed by atoms with Crippen LogP contribution in [-0.2, 0) is 22.3 Å². The molecule has 0 aliphatic heterocycles. The number of alkyl halides is 3. The van der Waals surface area contributed by atoms with E-state index in [1.165, 1.54) is 12.3 Å². The van der Waals surface area contributed by atoms with Crippen LogP contribution in [0.15, 0.2) is 54.7 Å². The summed E-state index contributed by atoms with van der Waals surface area (Å²) in [6, 6.07) is 10.4. The van der Waals surface area contributed by atoms with Gasteiger partial charge >= 0.3 is 18.2 Å². The average Bonchev–Trinajstić information content (AvgIpc) is 2.90. The van der Waals surface area contributed by atoms with Gasteiger partial charge in [0.05, 0.1) is 16.3 Å². The van der Waals surface area contributed by atoms with Gasteiger partial charge in [-0.3, -0.25) is 9.78 Å². The van der Waals surface area contributed by atoms with Crippen molar-refractivity contribution in [2.24, 2.45) is 0 Å². The van der Waals surface area contributed by atoms with Gasteiger partial charge in [-0.15, -0.1) is 0 Å². The lowest BCUT2D eigenvalue weighted by Gasteiger charge is -2.20. The van der Waals surface area contributed by atoms with E-state index < -0.39 is 41.0 Å². The summed E-state index contributed by atoms with van der Waals surface area (Å²) < 4.78 is 56.6. The molecule has 0 atom stereocenters. The van der Waals surface area contributed by atoms with E-state index >= 15 is 0 Å². The van der Waals surface area contributed by atoms with Gasteiger partial charge in [-0.2, -0.15) is 13.2 Å². The summed E-state index contributed by atoms with van der Waals surface area (Å²) in [5, 5.41) is 4.18. The lowest BCUT2D eigenvalue weighted by Crippen LogP contribution is -2.29. The number of nitrogens with one attached hydrogen (secondary N) is 2. The van der Waals surface area contributed by atoms with Crippen LogP contribution in [-0.4, -0.2) is 35.0 Å². The maximum absolute atomic E-state index is 13.5. The Labute approximate surface area is 245 Å². The number of pyridine rings is 1. The SMILES string of the molecule is CCC(=O)c1cc(Oc2ccc(CNC(=O)Nc3cc(C(F)(F)F)c(Cl)cc3OCC(=O)OC(C)(C)C)cc2)ccn1. The van der Waals surface area contributed by atoms with Gasteiger partial charge in [0.1, 0.15) is 28.5 Å². The molecule has 0 bridgehead atoms. The van der Waals surface area contributed by atoms with Gasteiger partial charge < -0.3 is 24.8 Å². The highest BCUT2D eigenvalue weighted by molar-refractivity contribution is 6.31. The molecule has 0 aliphatic carbocycles. The van der Waals surface area contributed by atoms with Gasteiger partial charge in [0.2, 0.25) is 0 Å². The molecule has 0 spiro atoms. The van der Waals surface area contributed by atoms with Gasteiger partial charge in [-0.05, 0) is 50.6 Å². The maximum Gasteiger partial charge on any atom is 0.417 e. The fraction of sp³-hybridized carbons (Fsp3) is 0.310. The minimum absolute atomic E-state index is 0.0182. The van der Waals surface area contributed by atoms with Gasteiger partial charge in [0.25, 0.3) is 0 Å². The third kappa shape index (κ3) is 9.65. The molecule has 1 heterocycles. The molecule has 0 saturated heterocycles. The largest absolute Gasteiger partial charge is 0.480 e. The number of aromatic nitrogens is 1. The molecule has 0 aliphatic rings. The van der Waals surface area contributed by atoms with Gasteiger partial charge in [-0.1, -0.05) is 30.7 Å². The van der Waals surface area contributed by atoms with E-state index in [9.17, 15) is 27.6 Å². The summed E-state index contributed by atoms with van der Waals surface area (Å²) in [7, 11) is 0. The summed E-state index contributed by atoms with van der Waals surface area (Å²) in [5.41, 5.74) is -1.40. The summed E-state index contributed by atoms with van der Waals surface area (Å²) in [6.45, 7) is 6.06. The molecule has 3 rings (SSSR count). The second-order valence-corrected chi connectivity index (χ2v) is 10.3. The molecule has 3 aromatic rings. The highest BCUT2D eigenvalue weighted by Crippen LogP contribution is 2.40. The van der Waals surface area contributed by atoms with Crippen LogP contribution < -0.4 is 20.1 Å². The number of hydrogen-bond donors (Lipinski definition) is 2. The van der Waals surface area contributed by atoms with E-state index in [0.29, 0.717) is 35.2 Å². The van der Waals surface area contributed by atoms with Crippen LogP contribution in [0.3, 0.4) is 0 Å². The van der Waals surface area contributed by atoms with E-state index in [2.05, 4.69) is 15.6 Å². The normalized spacial score (nSPS) is 11.4. The first-order chi connectivity index (χ1) is 19.6. The smallest absolute Gasteiger partial charge is 0.417 e. The number of Topliss-reactive ketones (excluding diaryl/α,β-unsaturated/α-hetero) is 1. The number of halogens is 4. The van der Waals surface area contributed by atoms with E-state index in [0.717, 1.165) is 6.07 Å². The molecule has 2 N–H and O–H groups in total. The molecule has 13 heteroatoms. The number of ether oxygens (including phenoxy) is 3. The van der Waals surface area contributed by atoms with Gasteiger partial charge in [0.15, 0.2) is 12.4 Å². The second kappa shape index (κ2) is 13.6. The van der Waals surface area contributed by atoms with Crippen molar-refractivity contribution in [2.75, 3.05) is 11.9 Å². The Bertz CT molecular complexity index is 1440. The van der Waals surface area contributed by atoms with Crippen molar-refractivity contribution in [3.63, 3.8) is 0 Å². The molecule has 0 unspecified atom stereocenters. The van der Waals surface area contributed by atoms with Crippen LogP contribution in [0, 0.1) is 0 Å². The van der Waals surface area contributed by atoms with Crippen molar-refractivity contribution in [3.8, 4) is 17.2 Å². The first kappa shape index (κ1) is 32.2. The van der Waals surface area contributed by atoms with Crippen molar-refractivity contribution >= 4 is 35.1 Å². The molecule has 1 aromatic heterocycles. The standard InChI is InChI=1S/C29H29ClF3N3O6/c1-5-24(37)22-12-19(10-11-34-22)41-18-8-6-17(7-9-18)15-35-27(39)36-23-13-20(29(31,32)33)21(30)14-25(23)40-16-26(38)42-28(2,3)4/h6-14H,5,15-16H2,1-4H3,(H2,35,36,39). The molecule has 9 nitrogen and oxygen atoms in total. The zero-order valence-corrected chi connectivity index (χ0v) is 24.0. The first-order valence-corrected chi connectivity index (χ1v) is 13.1. The number of rotatable bonds is 10. The van der Waals surface area contributed by atoms with Crippen molar-refractivity contribution in [3.05, 3.63) is 76.6 Å². The minimum atomic E-state index is -4.80. The molecule has 224 valence electrons. The lowest BCUT2D eigenvalue weighted by atomic mass is 10.1. The highest BCUT2D eigenvalue weighted by Gasteiger charge is 2.34. The van der Waals surface area contributed by atoms with Crippen molar-refractivity contribution in [1.82, 2.24) is 10.3 Å². The minimum Gasteiger partial charge on any atom is -0.480 e. The number of amides is 2. The molecular weight excluding hydrogens is 579 g/mol. The van der Waals surface area contributed by atoms with Crippen LogP contribution in [0.1, 0.15) is 55.7 Å². The van der Waals surface area contributed by atoms with Crippen LogP contribution in [0.5, 0.6) is 17.2 Å². The van der Waals surface area contributed by atoms with E-state index in [4.69, 9.17) is 25.8 Å². The molecule has 42 heavy (non-hydrogen) atoms. The van der Waals surface area contributed by atoms with E-state index in [-0.39, 0.29) is 23.8 Å². The van der Waals surface area contributed by atoms with Crippen molar-refractivity contribution in [1.29, 1.82) is 0 Å². The fourth-order valence-corrected chi connectivity index (χ4v) is 3.73. The second-order valence-electron chi connectivity index (χ2n) is 9.91. The zero-order valence-electron chi connectivity index (χ0n) is 23.2. The van der Waals surface area contributed by atoms with Crippen molar-refractivity contribution in [2.45, 2.75) is 52.4 Å². The van der Waals surface area contributed by atoms with Crippen LogP contribution in [0.2, 0.25) is 5.02 Å².